The van der Waals surface area contributed by atoms with Crippen LogP contribution < -0.4 is 10.6 Å². The van der Waals surface area contributed by atoms with Crippen LogP contribution in [-0.4, -0.2) is 45.8 Å². The molecule has 2 aliphatic rings. The molecule has 2 fully saturated rings. The minimum Gasteiger partial charge on any atom is -0.326 e. The summed E-state index contributed by atoms with van der Waals surface area (Å²) in [6.45, 7) is 3.70. The summed E-state index contributed by atoms with van der Waals surface area (Å²) >= 11 is 0. The van der Waals surface area contributed by atoms with E-state index in [0.29, 0.717) is 11.3 Å². The molecule has 1 aliphatic carbocycles. The van der Waals surface area contributed by atoms with Crippen LogP contribution in [0.5, 0.6) is 0 Å². The minimum atomic E-state index is -3.52. The van der Waals surface area contributed by atoms with Gasteiger partial charge in [-0.3, -0.25) is 4.79 Å². The van der Waals surface area contributed by atoms with Gasteiger partial charge in [-0.2, -0.15) is 0 Å². The Labute approximate surface area is 143 Å². The first-order chi connectivity index (χ1) is 11.3. The molecule has 7 heteroatoms. The molecule has 3 rings (SSSR count). The largest absolute Gasteiger partial charge is 0.326 e. The van der Waals surface area contributed by atoms with Gasteiger partial charge in [-0.05, 0) is 62.4 Å². The van der Waals surface area contributed by atoms with Crippen LogP contribution in [-0.2, 0) is 14.8 Å². The summed E-state index contributed by atoms with van der Waals surface area (Å²) in [5.74, 6) is 0.0590. The number of piperidine rings is 1. The van der Waals surface area contributed by atoms with Gasteiger partial charge in [-0.1, -0.05) is 6.07 Å². The second-order valence-corrected chi connectivity index (χ2v) is 9.25. The zero-order chi connectivity index (χ0) is 17.5. The average Bonchev–Trinajstić information content (AvgIpc) is 3.23. The fourth-order valence-corrected chi connectivity index (χ4v) is 4.72. The molecule has 1 heterocycles. The average molecular weight is 351 g/mol. The van der Waals surface area contributed by atoms with Crippen LogP contribution >= 0.6 is 0 Å². The van der Waals surface area contributed by atoms with Crippen LogP contribution in [0, 0.1) is 18.3 Å². The van der Waals surface area contributed by atoms with E-state index in [1.807, 2.05) is 0 Å². The first-order valence-electron chi connectivity index (χ1n) is 8.31. The zero-order valence-electron chi connectivity index (χ0n) is 14.4. The fraction of sp³-hybridized carbons (Fsp3) is 0.588. The van der Waals surface area contributed by atoms with Crippen LogP contribution in [0.2, 0.25) is 0 Å². The van der Waals surface area contributed by atoms with Crippen molar-refractivity contribution in [3.63, 3.8) is 0 Å². The standard InChI is InChI=1S/C17H25N3O3S/c1-12-4-5-13(10-15(12)24(22,23)20(2)3)19-16(21)14-11-17(14)6-8-18-9-7-17/h4-5,10,14,18H,6-9,11H2,1-3H3,(H,19,21). The Morgan fingerprint density at radius 2 is 1.96 bits per heavy atom. The number of aryl methyl sites for hydroxylation is 1. The van der Waals surface area contributed by atoms with Crippen LogP contribution in [0.3, 0.4) is 0 Å². The van der Waals surface area contributed by atoms with Gasteiger partial charge in [0.2, 0.25) is 15.9 Å². The van der Waals surface area contributed by atoms with Gasteiger partial charge < -0.3 is 10.6 Å². The van der Waals surface area contributed by atoms with Crippen molar-refractivity contribution in [2.24, 2.45) is 11.3 Å². The van der Waals surface area contributed by atoms with Crippen LogP contribution in [0.15, 0.2) is 23.1 Å². The van der Waals surface area contributed by atoms with Gasteiger partial charge in [0.15, 0.2) is 0 Å². The first kappa shape index (κ1) is 17.4. The van der Waals surface area contributed by atoms with E-state index in [9.17, 15) is 13.2 Å². The molecular weight excluding hydrogens is 326 g/mol. The molecule has 1 aliphatic heterocycles. The summed E-state index contributed by atoms with van der Waals surface area (Å²) in [6, 6.07) is 5.05. The number of nitrogens with zero attached hydrogens (tertiary/aromatic N) is 1. The molecule has 0 radical (unpaired) electrons. The molecule has 1 aromatic rings. The number of hydrogen-bond donors (Lipinski definition) is 2. The molecule has 132 valence electrons. The van der Waals surface area contributed by atoms with Gasteiger partial charge in [-0.25, -0.2) is 12.7 Å². The van der Waals surface area contributed by atoms with Gasteiger partial charge >= 0.3 is 0 Å². The highest BCUT2D eigenvalue weighted by Crippen LogP contribution is 2.58. The van der Waals surface area contributed by atoms with E-state index < -0.39 is 10.0 Å². The lowest BCUT2D eigenvalue weighted by Gasteiger charge is -2.23. The number of anilines is 1. The van der Waals surface area contributed by atoms with Crippen molar-refractivity contribution >= 4 is 21.6 Å². The Morgan fingerprint density at radius 3 is 2.58 bits per heavy atom. The Bertz CT molecular complexity index is 752. The summed E-state index contributed by atoms with van der Waals surface area (Å²) in [5.41, 5.74) is 1.38. The summed E-state index contributed by atoms with van der Waals surface area (Å²) in [4.78, 5) is 12.8. The molecule has 0 bridgehead atoms. The first-order valence-corrected chi connectivity index (χ1v) is 9.75. The van der Waals surface area contributed by atoms with Crippen LogP contribution in [0.4, 0.5) is 5.69 Å². The molecule has 1 saturated heterocycles. The van der Waals surface area contributed by atoms with E-state index >= 15 is 0 Å². The summed E-state index contributed by atoms with van der Waals surface area (Å²) < 4.78 is 26.0. The Morgan fingerprint density at radius 1 is 1.29 bits per heavy atom. The molecule has 1 atom stereocenters. The number of hydrogen-bond acceptors (Lipinski definition) is 4. The monoisotopic (exact) mass is 351 g/mol. The summed E-state index contributed by atoms with van der Waals surface area (Å²) in [7, 11) is -0.514. The molecule has 2 N–H and O–H groups in total. The number of rotatable bonds is 4. The van der Waals surface area contributed by atoms with E-state index in [-0.39, 0.29) is 22.1 Å². The number of sulfonamides is 1. The second-order valence-electron chi connectivity index (χ2n) is 7.13. The molecule has 1 amide bonds. The molecule has 1 spiro atoms. The highest BCUT2D eigenvalue weighted by molar-refractivity contribution is 7.89. The van der Waals surface area contributed by atoms with Gasteiger partial charge in [0, 0.05) is 25.7 Å². The Hall–Kier alpha value is -1.44. The number of carbonyl (C=O) groups excluding carboxylic acids is 1. The highest BCUT2D eigenvalue weighted by atomic mass is 32.2. The SMILES string of the molecule is Cc1ccc(NC(=O)C2CC23CCNCC3)cc1S(=O)(=O)N(C)C. The van der Waals surface area contributed by atoms with Crippen LogP contribution in [0.1, 0.15) is 24.8 Å². The lowest BCUT2D eigenvalue weighted by molar-refractivity contribution is -0.118. The predicted octanol–water partition coefficient (Wildman–Crippen LogP) is 1.57. The van der Waals surface area contributed by atoms with Crippen molar-refractivity contribution < 1.29 is 13.2 Å². The minimum absolute atomic E-state index is 0.00829. The van der Waals surface area contributed by atoms with Crippen molar-refractivity contribution in [2.75, 3.05) is 32.5 Å². The van der Waals surface area contributed by atoms with Crippen molar-refractivity contribution in [1.82, 2.24) is 9.62 Å². The number of benzene rings is 1. The maximum absolute atomic E-state index is 12.5. The lowest BCUT2D eigenvalue weighted by Crippen LogP contribution is -2.31. The molecular formula is C17H25N3O3S. The molecule has 1 aromatic carbocycles. The second kappa shape index (κ2) is 6.13. The van der Waals surface area contributed by atoms with Crippen molar-refractivity contribution in [3.8, 4) is 0 Å². The van der Waals surface area contributed by atoms with Crippen molar-refractivity contribution in [1.29, 1.82) is 0 Å². The maximum atomic E-state index is 12.5. The van der Waals surface area contributed by atoms with Crippen molar-refractivity contribution in [3.05, 3.63) is 23.8 Å². The lowest BCUT2D eigenvalue weighted by atomic mass is 9.92. The van der Waals surface area contributed by atoms with Gasteiger partial charge in [0.25, 0.3) is 0 Å². The van der Waals surface area contributed by atoms with E-state index in [0.717, 1.165) is 32.4 Å². The summed E-state index contributed by atoms with van der Waals surface area (Å²) in [6.07, 6.45) is 3.02. The van der Waals surface area contributed by atoms with Gasteiger partial charge in [-0.15, -0.1) is 0 Å². The molecule has 0 aromatic heterocycles. The quantitative estimate of drug-likeness (QED) is 0.863. The Kier molecular flexibility index (Phi) is 4.44. The molecule has 1 saturated carbocycles. The van der Waals surface area contributed by atoms with Gasteiger partial charge in [0.05, 0.1) is 4.90 Å². The molecule has 6 nitrogen and oxygen atoms in total. The fourth-order valence-electron chi connectivity index (χ4n) is 3.58. The third kappa shape index (κ3) is 3.08. The highest BCUT2D eigenvalue weighted by Gasteiger charge is 2.57. The van der Waals surface area contributed by atoms with E-state index in [1.54, 1.807) is 25.1 Å². The number of nitrogens with one attached hydrogen (secondary N) is 2. The van der Waals surface area contributed by atoms with E-state index in [4.69, 9.17) is 0 Å². The molecule has 1 unspecified atom stereocenters. The molecule has 24 heavy (non-hydrogen) atoms. The number of carbonyl (C=O) groups is 1. The predicted molar refractivity (Wildman–Crippen MR) is 93.3 cm³/mol. The number of amides is 1. The van der Waals surface area contributed by atoms with Crippen LogP contribution in [0.25, 0.3) is 0 Å². The van der Waals surface area contributed by atoms with E-state index in [1.165, 1.54) is 18.4 Å². The normalized spacial score (nSPS) is 22.6. The smallest absolute Gasteiger partial charge is 0.242 e. The van der Waals surface area contributed by atoms with E-state index in [2.05, 4.69) is 10.6 Å². The van der Waals surface area contributed by atoms with Crippen molar-refractivity contribution in [2.45, 2.75) is 31.1 Å². The van der Waals surface area contributed by atoms with Gasteiger partial charge in [0.1, 0.15) is 0 Å². The maximum Gasteiger partial charge on any atom is 0.242 e. The third-order valence-corrected chi connectivity index (χ3v) is 7.28. The third-order valence-electron chi connectivity index (χ3n) is 5.32. The zero-order valence-corrected chi connectivity index (χ0v) is 15.2. The Balaban J connectivity index is 1.76. The summed E-state index contributed by atoms with van der Waals surface area (Å²) in [5, 5.41) is 6.24. The topological polar surface area (TPSA) is 78.5 Å².